The molecule has 0 saturated carbocycles. The molecule has 22 heavy (non-hydrogen) atoms. The van der Waals surface area contributed by atoms with Crippen molar-refractivity contribution in [3.05, 3.63) is 35.4 Å². The number of nitrogens with zero attached hydrogens (tertiary/aromatic N) is 2. The molecule has 1 aromatic carbocycles. The molecule has 1 saturated heterocycles. The summed E-state index contributed by atoms with van der Waals surface area (Å²) in [4.78, 5) is 16.8. The average Bonchev–Trinajstić information content (AvgIpc) is 2.89. The van der Waals surface area contributed by atoms with Crippen LogP contribution in [-0.2, 0) is 0 Å². The number of aliphatic hydroxyl groups is 1. The smallest absolute Gasteiger partial charge is 0.253 e. The molecule has 122 valence electrons. The molecule has 1 N–H and O–H groups in total. The van der Waals surface area contributed by atoms with Gasteiger partial charge in [0.05, 0.1) is 6.10 Å². The molecule has 2 rings (SSSR count). The van der Waals surface area contributed by atoms with E-state index in [9.17, 15) is 9.90 Å². The van der Waals surface area contributed by atoms with E-state index >= 15 is 0 Å². The Morgan fingerprint density at radius 3 is 2.50 bits per heavy atom. The number of likely N-dealkylation sites (N-methyl/N-ethyl adjacent to an activating group) is 1. The van der Waals surface area contributed by atoms with Crippen molar-refractivity contribution in [3.8, 4) is 0 Å². The number of carbonyl (C=O) groups excluding carboxylic acids is 1. The van der Waals surface area contributed by atoms with E-state index in [4.69, 9.17) is 0 Å². The summed E-state index contributed by atoms with van der Waals surface area (Å²) in [6, 6.07) is 7.89. The van der Waals surface area contributed by atoms with E-state index in [1.807, 2.05) is 43.1 Å². The van der Waals surface area contributed by atoms with Crippen molar-refractivity contribution in [2.75, 3.05) is 26.7 Å². The lowest BCUT2D eigenvalue weighted by atomic mass is 10.0. The van der Waals surface area contributed by atoms with Gasteiger partial charge in [-0.05, 0) is 31.4 Å². The molecule has 0 radical (unpaired) electrons. The standard InChI is InChI=1S/C18H28N2O2/c1-13(2)17(12-20-10-9-16(21)11-20)19(4)18(22)15-7-5-14(3)6-8-15/h5-8,13,16-17,21H,9-12H2,1-4H3/t16-,17+/m0/s1. The molecular weight excluding hydrogens is 276 g/mol. The van der Waals surface area contributed by atoms with Crippen LogP contribution in [0.1, 0.15) is 36.2 Å². The molecule has 0 bridgehead atoms. The topological polar surface area (TPSA) is 43.8 Å². The van der Waals surface area contributed by atoms with Crippen LogP contribution in [-0.4, -0.2) is 59.6 Å². The normalized spacial score (nSPS) is 20.4. The Hall–Kier alpha value is -1.39. The van der Waals surface area contributed by atoms with Crippen LogP contribution in [0, 0.1) is 12.8 Å². The SMILES string of the molecule is Cc1ccc(C(=O)N(C)[C@H](CN2CC[C@H](O)C2)C(C)C)cc1. The Labute approximate surface area is 133 Å². The summed E-state index contributed by atoms with van der Waals surface area (Å²) in [7, 11) is 1.89. The zero-order valence-electron chi connectivity index (χ0n) is 14.1. The van der Waals surface area contributed by atoms with E-state index < -0.39 is 0 Å². The van der Waals surface area contributed by atoms with Gasteiger partial charge in [0.1, 0.15) is 0 Å². The number of rotatable bonds is 5. The van der Waals surface area contributed by atoms with Gasteiger partial charge in [0.2, 0.25) is 0 Å². The predicted octanol–water partition coefficient (Wildman–Crippen LogP) is 2.16. The quantitative estimate of drug-likeness (QED) is 0.906. The summed E-state index contributed by atoms with van der Waals surface area (Å²) in [5.41, 5.74) is 1.89. The fraction of sp³-hybridized carbons (Fsp3) is 0.611. The molecule has 0 spiro atoms. The maximum absolute atomic E-state index is 12.7. The molecule has 2 atom stereocenters. The third kappa shape index (κ3) is 4.08. The maximum atomic E-state index is 12.7. The van der Waals surface area contributed by atoms with Crippen molar-refractivity contribution in [2.45, 2.75) is 39.3 Å². The van der Waals surface area contributed by atoms with Crippen molar-refractivity contribution in [1.29, 1.82) is 0 Å². The number of hydrogen-bond donors (Lipinski definition) is 1. The van der Waals surface area contributed by atoms with Crippen LogP contribution in [0.5, 0.6) is 0 Å². The molecule has 0 aromatic heterocycles. The van der Waals surface area contributed by atoms with Crippen LogP contribution in [0.25, 0.3) is 0 Å². The van der Waals surface area contributed by atoms with E-state index in [2.05, 4.69) is 18.7 Å². The molecule has 0 unspecified atom stereocenters. The van der Waals surface area contributed by atoms with Gasteiger partial charge >= 0.3 is 0 Å². The van der Waals surface area contributed by atoms with Crippen LogP contribution in [0.15, 0.2) is 24.3 Å². The Morgan fingerprint density at radius 2 is 2.00 bits per heavy atom. The Bertz CT molecular complexity index is 498. The maximum Gasteiger partial charge on any atom is 0.253 e. The highest BCUT2D eigenvalue weighted by Gasteiger charge is 2.29. The van der Waals surface area contributed by atoms with E-state index in [1.165, 1.54) is 0 Å². The fourth-order valence-corrected chi connectivity index (χ4v) is 3.07. The van der Waals surface area contributed by atoms with Crippen molar-refractivity contribution in [3.63, 3.8) is 0 Å². The first-order valence-corrected chi connectivity index (χ1v) is 8.12. The van der Waals surface area contributed by atoms with Crippen LogP contribution in [0.4, 0.5) is 0 Å². The van der Waals surface area contributed by atoms with Crippen molar-refractivity contribution in [2.24, 2.45) is 5.92 Å². The minimum absolute atomic E-state index is 0.0680. The van der Waals surface area contributed by atoms with Gasteiger partial charge in [-0.3, -0.25) is 9.69 Å². The highest BCUT2D eigenvalue weighted by atomic mass is 16.3. The van der Waals surface area contributed by atoms with Gasteiger partial charge in [-0.1, -0.05) is 31.5 Å². The first kappa shape index (κ1) is 17.0. The summed E-state index contributed by atoms with van der Waals surface area (Å²) in [5.74, 6) is 0.440. The van der Waals surface area contributed by atoms with Crippen molar-refractivity contribution < 1.29 is 9.90 Å². The number of likely N-dealkylation sites (tertiary alicyclic amines) is 1. The largest absolute Gasteiger partial charge is 0.392 e. The molecule has 4 nitrogen and oxygen atoms in total. The summed E-state index contributed by atoms with van der Waals surface area (Å²) in [6.07, 6.45) is 0.617. The third-order valence-electron chi connectivity index (χ3n) is 4.58. The number of benzene rings is 1. The molecule has 4 heteroatoms. The molecule has 1 fully saturated rings. The van der Waals surface area contributed by atoms with Gasteiger partial charge in [0.15, 0.2) is 0 Å². The van der Waals surface area contributed by atoms with E-state index in [0.717, 1.165) is 37.2 Å². The first-order chi connectivity index (χ1) is 10.4. The molecule has 1 aliphatic heterocycles. The Morgan fingerprint density at radius 1 is 1.36 bits per heavy atom. The number of β-amino-alcohol motifs (C(OH)–C–C–N with tert-alkyl or cyclic N) is 1. The van der Waals surface area contributed by atoms with Gasteiger partial charge in [0.25, 0.3) is 5.91 Å². The lowest BCUT2D eigenvalue weighted by Gasteiger charge is -2.34. The Kier molecular flexibility index (Phi) is 5.59. The van der Waals surface area contributed by atoms with Crippen LogP contribution in [0.3, 0.4) is 0 Å². The second-order valence-electron chi connectivity index (χ2n) is 6.80. The third-order valence-corrected chi connectivity index (χ3v) is 4.58. The zero-order chi connectivity index (χ0) is 16.3. The van der Waals surface area contributed by atoms with Crippen molar-refractivity contribution >= 4 is 5.91 Å². The summed E-state index contributed by atoms with van der Waals surface area (Å²) in [5, 5.41) is 9.68. The zero-order valence-corrected chi connectivity index (χ0v) is 14.1. The van der Waals surface area contributed by atoms with Gasteiger partial charge in [-0.2, -0.15) is 0 Å². The van der Waals surface area contributed by atoms with Gasteiger partial charge in [-0.15, -0.1) is 0 Å². The number of hydrogen-bond acceptors (Lipinski definition) is 3. The molecule has 0 aliphatic carbocycles. The molecule has 1 amide bonds. The summed E-state index contributed by atoms with van der Waals surface area (Å²) in [6.45, 7) is 8.77. The van der Waals surface area contributed by atoms with Crippen molar-refractivity contribution in [1.82, 2.24) is 9.80 Å². The Balaban J connectivity index is 2.06. The highest BCUT2D eigenvalue weighted by molar-refractivity contribution is 5.94. The number of amides is 1. The van der Waals surface area contributed by atoms with Crippen LogP contribution < -0.4 is 0 Å². The molecule has 1 aliphatic rings. The second-order valence-corrected chi connectivity index (χ2v) is 6.80. The van der Waals surface area contributed by atoms with Crippen LogP contribution in [0.2, 0.25) is 0 Å². The fourth-order valence-electron chi connectivity index (χ4n) is 3.07. The average molecular weight is 304 g/mol. The van der Waals surface area contributed by atoms with E-state index in [-0.39, 0.29) is 18.1 Å². The van der Waals surface area contributed by atoms with Gasteiger partial charge < -0.3 is 10.0 Å². The summed E-state index contributed by atoms with van der Waals surface area (Å²) < 4.78 is 0. The minimum atomic E-state index is -0.217. The van der Waals surface area contributed by atoms with Crippen LogP contribution >= 0.6 is 0 Å². The predicted molar refractivity (Wildman–Crippen MR) is 89.0 cm³/mol. The summed E-state index contributed by atoms with van der Waals surface area (Å²) >= 11 is 0. The van der Waals surface area contributed by atoms with Gasteiger partial charge in [0, 0.05) is 38.3 Å². The van der Waals surface area contributed by atoms with E-state index in [1.54, 1.807) is 0 Å². The monoisotopic (exact) mass is 304 g/mol. The number of aryl methyl sites for hydroxylation is 1. The lowest BCUT2D eigenvalue weighted by molar-refractivity contribution is 0.0633. The highest BCUT2D eigenvalue weighted by Crippen LogP contribution is 2.18. The first-order valence-electron chi connectivity index (χ1n) is 8.12. The number of carbonyl (C=O) groups is 1. The van der Waals surface area contributed by atoms with E-state index in [0.29, 0.717) is 5.92 Å². The minimum Gasteiger partial charge on any atom is -0.392 e. The number of aliphatic hydroxyl groups excluding tert-OH is 1. The molecule has 1 aromatic rings. The lowest BCUT2D eigenvalue weighted by Crippen LogP contribution is -2.47. The molecule has 1 heterocycles. The molecular formula is C18H28N2O2. The second kappa shape index (κ2) is 7.25. The van der Waals surface area contributed by atoms with Gasteiger partial charge in [-0.25, -0.2) is 0 Å².